The maximum Gasteiger partial charge on any atom is 0.165 e. The van der Waals surface area contributed by atoms with Gasteiger partial charge in [-0.05, 0) is 43.7 Å². The number of aryl methyl sites for hydroxylation is 2. The van der Waals surface area contributed by atoms with Crippen molar-refractivity contribution in [3.63, 3.8) is 0 Å². The van der Waals surface area contributed by atoms with E-state index in [1.165, 1.54) is 16.7 Å². The van der Waals surface area contributed by atoms with Gasteiger partial charge in [-0.2, -0.15) is 0 Å². The summed E-state index contributed by atoms with van der Waals surface area (Å²) in [5.74, 6) is 1.52. The van der Waals surface area contributed by atoms with Crippen molar-refractivity contribution in [3.05, 3.63) is 58.7 Å². The summed E-state index contributed by atoms with van der Waals surface area (Å²) in [6.07, 6.45) is 0. The van der Waals surface area contributed by atoms with Crippen molar-refractivity contribution in [2.75, 3.05) is 21.3 Å². The maximum absolute atomic E-state index is 5.56. The summed E-state index contributed by atoms with van der Waals surface area (Å²) in [7, 11) is 5.29. The first kappa shape index (κ1) is 15.4. The Kier molecular flexibility index (Phi) is 4.86. The minimum atomic E-state index is 0.0642. The number of nitrogens with one attached hydrogen (secondary N) is 1. The van der Waals surface area contributed by atoms with Crippen molar-refractivity contribution in [1.82, 2.24) is 5.32 Å². The van der Waals surface area contributed by atoms with Crippen molar-refractivity contribution in [2.45, 2.75) is 19.9 Å². The molecule has 2 aromatic carbocycles. The number of ether oxygens (including phenoxy) is 2. The van der Waals surface area contributed by atoms with Crippen LogP contribution in [0.2, 0.25) is 0 Å². The van der Waals surface area contributed by atoms with Crippen molar-refractivity contribution < 1.29 is 9.47 Å². The second kappa shape index (κ2) is 6.64. The van der Waals surface area contributed by atoms with Gasteiger partial charge in [-0.1, -0.05) is 30.3 Å². The third-order valence-corrected chi connectivity index (χ3v) is 3.90. The molecule has 0 bridgehead atoms. The molecule has 0 aromatic heterocycles. The summed E-state index contributed by atoms with van der Waals surface area (Å²) in [5.41, 5.74) is 4.87. The van der Waals surface area contributed by atoms with Crippen LogP contribution in [0.25, 0.3) is 0 Å². The van der Waals surface area contributed by atoms with Crippen LogP contribution in [0.4, 0.5) is 0 Å². The van der Waals surface area contributed by atoms with Gasteiger partial charge in [-0.3, -0.25) is 0 Å². The standard InChI is InChI=1S/C18H23NO2/c1-12-9-10-14(11-13(12)2)17(19-3)15-7-6-8-16(20-4)18(15)21-5/h6-11,17,19H,1-5H3. The fraction of sp³-hybridized carbons (Fsp3) is 0.333. The molecular formula is C18H23NO2. The number of hydrogen-bond donors (Lipinski definition) is 1. The van der Waals surface area contributed by atoms with E-state index in [0.717, 1.165) is 17.1 Å². The lowest BCUT2D eigenvalue weighted by atomic mass is 9.95. The highest BCUT2D eigenvalue weighted by molar-refractivity contribution is 5.51. The Labute approximate surface area is 126 Å². The Bertz CT molecular complexity index is 623. The minimum Gasteiger partial charge on any atom is -0.493 e. The van der Waals surface area contributed by atoms with Gasteiger partial charge in [-0.15, -0.1) is 0 Å². The Morgan fingerprint density at radius 2 is 1.71 bits per heavy atom. The number of hydrogen-bond acceptors (Lipinski definition) is 3. The zero-order chi connectivity index (χ0) is 15.4. The molecule has 0 radical (unpaired) electrons. The van der Waals surface area contributed by atoms with E-state index in [-0.39, 0.29) is 6.04 Å². The summed E-state index contributed by atoms with van der Waals surface area (Å²) in [4.78, 5) is 0. The summed E-state index contributed by atoms with van der Waals surface area (Å²) in [6.45, 7) is 4.26. The molecule has 112 valence electrons. The molecule has 0 saturated carbocycles. The molecule has 3 heteroatoms. The molecule has 0 heterocycles. The molecule has 1 unspecified atom stereocenters. The van der Waals surface area contributed by atoms with E-state index in [4.69, 9.17) is 9.47 Å². The van der Waals surface area contributed by atoms with Crippen molar-refractivity contribution in [1.29, 1.82) is 0 Å². The molecule has 0 aliphatic heterocycles. The normalized spacial score (nSPS) is 12.0. The van der Waals surface area contributed by atoms with Gasteiger partial charge >= 0.3 is 0 Å². The molecule has 0 aliphatic carbocycles. The third kappa shape index (κ3) is 3.03. The summed E-state index contributed by atoms with van der Waals surface area (Å²) in [5, 5.41) is 3.37. The third-order valence-electron chi connectivity index (χ3n) is 3.90. The zero-order valence-electron chi connectivity index (χ0n) is 13.4. The summed E-state index contributed by atoms with van der Waals surface area (Å²) >= 11 is 0. The van der Waals surface area contributed by atoms with E-state index < -0.39 is 0 Å². The molecule has 21 heavy (non-hydrogen) atoms. The average molecular weight is 285 g/mol. The van der Waals surface area contributed by atoms with Crippen LogP contribution < -0.4 is 14.8 Å². The Balaban J connectivity index is 2.53. The number of benzene rings is 2. The van der Waals surface area contributed by atoms with Gasteiger partial charge in [0.05, 0.1) is 20.3 Å². The lowest BCUT2D eigenvalue weighted by molar-refractivity contribution is 0.349. The van der Waals surface area contributed by atoms with Crippen LogP contribution in [0, 0.1) is 13.8 Å². The average Bonchev–Trinajstić information content (AvgIpc) is 2.51. The van der Waals surface area contributed by atoms with Crippen molar-refractivity contribution >= 4 is 0 Å². The molecule has 1 atom stereocenters. The van der Waals surface area contributed by atoms with Crippen LogP contribution in [-0.2, 0) is 0 Å². The van der Waals surface area contributed by atoms with Crippen LogP contribution >= 0.6 is 0 Å². The molecule has 2 rings (SSSR count). The lowest BCUT2D eigenvalue weighted by Gasteiger charge is -2.22. The maximum atomic E-state index is 5.56. The highest BCUT2D eigenvalue weighted by atomic mass is 16.5. The number of rotatable bonds is 5. The quantitative estimate of drug-likeness (QED) is 0.910. The topological polar surface area (TPSA) is 30.5 Å². The molecule has 1 N–H and O–H groups in total. The largest absolute Gasteiger partial charge is 0.493 e. The highest BCUT2D eigenvalue weighted by Gasteiger charge is 2.19. The smallest absolute Gasteiger partial charge is 0.165 e. The van der Waals surface area contributed by atoms with Crippen LogP contribution in [-0.4, -0.2) is 21.3 Å². The van der Waals surface area contributed by atoms with Gasteiger partial charge in [0, 0.05) is 5.56 Å². The molecular weight excluding hydrogens is 262 g/mol. The van der Waals surface area contributed by atoms with Crippen LogP contribution in [0.15, 0.2) is 36.4 Å². The van der Waals surface area contributed by atoms with E-state index >= 15 is 0 Å². The Morgan fingerprint density at radius 1 is 0.952 bits per heavy atom. The first-order valence-corrected chi connectivity index (χ1v) is 7.07. The van der Waals surface area contributed by atoms with Crippen molar-refractivity contribution in [3.8, 4) is 11.5 Å². The molecule has 3 nitrogen and oxygen atoms in total. The van der Waals surface area contributed by atoms with Crippen LogP contribution in [0.5, 0.6) is 11.5 Å². The van der Waals surface area contributed by atoms with Crippen LogP contribution in [0.3, 0.4) is 0 Å². The van der Waals surface area contributed by atoms with Gasteiger partial charge in [0.15, 0.2) is 11.5 Å². The number of para-hydroxylation sites is 1. The summed E-state index contributed by atoms with van der Waals surface area (Å²) < 4.78 is 11.0. The van der Waals surface area contributed by atoms with Crippen molar-refractivity contribution in [2.24, 2.45) is 0 Å². The van der Waals surface area contributed by atoms with E-state index in [9.17, 15) is 0 Å². The molecule has 0 spiro atoms. The van der Waals surface area contributed by atoms with E-state index in [1.54, 1.807) is 14.2 Å². The molecule has 0 aliphatic rings. The van der Waals surface area contributed by atoms with E-state index in [0.29, 0.717) is 0 Å². The Morgan fingerprint density at radius 3 is 2.29 bits per heavy atom. The molecule has 0 saturated heterocycles. The minimum absolute atomic E-state index is 0.0642. The van der Waals surface area contributed by atoms with Gasteiger partial charge < -0.3 is 14.8 Å². The first-order valence-electron chi connectivity index (χ1n) is 7.07. The van der Waals surface area contributed by atoms with Gasteiger partial charge in [0.1, 0.15) is 0 Å². The van der Waals surface area contributed by atoms with E-state index in [1.807, 2.05) is 19.2 Å². The van der Waals surface area contributed by atoms with Gasteiger partial charge in [-0.25, -0.2) is 0 Å². The van der Waals surface area contributed by atoms with Gasteiger partial charge in [0.25, 0.3) is 0 Å². The monoisotopic (exact) mass is 285 g/mol. The second-order valence-electron chi connectivity index (χ2n) is 5.15. The molecule has 0 amide bonds. The van der Waals surface area contributed by atoms with Crippen LogP contribution in [0.1, 0.15) is 28.3 Å². The fourth-order valence-electron chi connectivity index (χ4n) is 2.59. The van der Waals surface area contributed by atoms with Gasteiger partial charge in [0.2, 0.25) is 0 Å². The fourth-order valence-corrected chi connectivity index (χ4v) is 2.59. The first-order chi connectivity index (χ1) is 10.1. The molecule has 2 aromatic rings. The van der Waals surface area contributed by atoms with E-state index in [2.05, 4.69) is 43.4 Å². The predicted molar refractivity (Wildman–Crippen MR) is 86.4 cm³/mol. The summed E-state index contributed by atoms with van der Waals surface area (Å²) in [6, 6.07) is 12.6. The number of methoxy groups -OCH3 is 2. The second-order valence-corrected chi connectivity index (χ2v) is 5.15. The SMILES string of the molecule is CNC(c1ccc(C)c(C)c1)c1cccc(OC)c1OC. The highest BCUT2D eigenvalue weighted by Crippen LogP contribution is 2.37. The zero-order valence-corrected chi connectivity index (χ0v) is 13.4. The predicted octanol–water partition coefficient (Wildman–Crippen LogP) is 3.63. The molecule has 0 fully saturated rings. The lowest BCUT2D eigenvalue weighted by Crippen LogP contribution is -2.19. The Hall–Kier alpha value is -2.00.